The predicted octanol–water partition coefficient (Wildman–Crippen LogP) is 7.29. The molecule has 0 saturated heterocycles. The standard InChI is InChI=1S/C12H5Br2F14NO2.C4H5N/c13-1-2(14)4(6(31)8(17,18)10(21,22)12(26,27)28)29-3(1)5(30)7(15,16)9(19,20)11(23,24)25;1-2-4-5-3-1/h5-6,29-31H;1-5H. The van der Waals surface area contributed by atoms with E-state index < -0.39 is 68.6 Å². The van der Waals surface area contributed by atoms with E-state index in [1.54, 1.807) is 0 Å². The summed E-state index contributed by atoms with van der Waals surface area (Å²) >= 11 is 4.35. The Labute approximate surface area is 206 Å². The zero-order chi connectivity index (χ0) is 28.7. The van der Waals surface area contributed by atoms with E-state index in [0.717, 1.165) is 4.98 Å². The minimum atomic E-state index is -6.93. The van der Waals surface area contributed by atoms with Crippen molar-refractivity contribution >= 4 is 31.9 Å². The van der Waals surface area contributed by atoms with Gasteiger partial charge >= 0.3 is 36.0 Å². The summed E-state index contributed by atoms with van der Waals surface area (Å²) < 4.78 is 177. The van der Waals surface area contributed by atoms with Crippen LogP contribution < -0.4 is 0 Å². The molecule has 0 aromatic carbocycles. The monoisotopic (exact) mass is 686 g/mol. The van der Waals surface area contributed by atoms with Crippen LogP contribution in [0.4, 0.5) is 61.5 Å². The van der Waals surface area contributed by atoms with Gasteiger partial charge in [0.25, 0.3) is 0 Å². The molecule has 2 aromatic rings. The molecule has 2 atom stereocenters. The topological polar surface area (TPSA) is 72.0 Å². The van der Waals surface area contributed by atoms with E-state index in [0.29, 0.717) is 0 Å². The molecule has 2 aromatic heterocycles. The Balaban J connectivity index is 0.00000115. The fourth-order valence-corrected chi connectivity index (χ4v) is 3.29. The van der Waals surface area contributed by atoms with Gasteiger partial charge in [0.05, 0.1) is 20.3 Å². The largest absolute Gasteiger partial charge is 0.459 e. The Morgan fingerprint density at radius 2 is 0.861 bits per heavy atom. The Bertz CT molecular complexity index is 920. The number of halogens is 16. The van der Waals surface area contributed by atoms with Gasteiger partial charge in [-0.05, 0) is 44.0 Å². The van der Waals surface area contributed by atoms with Gasteiger partial charge in [-0.15, -0.1) is 0 Å². The van der Waals surface area contributed by atoms with Crippen molar-refractivity contribution in [3.05, 3.63) is 44.9 Å². The highest BCUT2D eigenvalue weighted by Crippen LogP contribution is 2.55. The fraction of sp³-hybridized carbons (Fsp3) is 0.500. The average molecular weight is 688 g/mol. The molecule has 0 aliphatic heterocycles. The highest BCUT2D eigenvalue weighted by atomic mass is 79.9. The molecule has 0 aliphatic rings. The molecule has 20 heteroatoms. The van der Waals surface area contributed by atoms with Crippen molar-refractivity contribution in [2.75, 3.05) is 0 Å². The van der Waals surface area contributed by atoms with Crippen LogP contribution in [0.1, 0.15) is 23.6 Å². The van der Waals surface area contributed by atoms with Crippen LogP contribution in [-0.2, 0) is 0 Å². The molecular formula is C16H10Br2F14N2O2. The molecule has 2 heterocycles. The van der Waals surface area contributed by atoms with Crippen LogP contribution in [0, 0.1) is 0 Å². The van der Waals surface area contributed by atoms with Gasteiger partial charge < -0.3 is 20.2 Å². The van der Waals surface area contributed by atoms with E-state index in [-0.39, 0.29) is 0 Å². The summed E-state index contributed by atoms with van der Waals surface area (Å²) in [6, 6.07) is 3.89. The van der Waals surface area contributed by atoms with Crippen LogP contribution in [0.2, 0.25) is 0 Å². The summed E-state index contributed by atoms with van der Waals surface area (Å²) in [5, 5.41) is 18.7. The van der Waals surface area contributed by atoms with Gasteiger partial charge in [0.2, 0.25) is 0 Å². The fourth-order valence-electron chi connectivity index (χ4n) is 2.23. The van der Waals surface area contributed by atoms with Crippen LogP contribution in [0.15, 0.2) is 33.5 Å². The molecule has 208 valence electrons. The van der Waals surface area contributed by atoms with Gasteiger partial charge in [0.15, 0.2) is 12.2 Å². The molecule has 0 fully saturated rings. The number of hydrogen-bond acceptors (Lipinski definition) is 2. The van der Waals surface area contributed by atoms with Gasteiger partial charge in [-0.25, -0.2) is 0 Å². The van der Waals surface area contributed by atoms with Crippen molar-refractivity contribution in [3.63, 3.8) is 0 Å². The normalized spacial score (nSPS) is 15.8. The molecule has 2 unspecified atom stereocenters. The van der Waals surface area contributed by atoms with E-state index in [1.807, 2.05) is 24.5 Å². The van der Waals surface area contributed by atoms with Gasteiger partial charge in [-0.1, -0.05) is 0 Å². The van der Waals surface area contributed by atoms with Crippen LogP contribution >= 0.6 is 31.9 Å². The highest BCUT2D eigenvalue weighted by molar-refractivity contribution is 9.13. The van der Waals surface area contributed by atoms with Crippen molar-refractivity contribution in [2.24, 2.45) is 0 Å². The van der Waals surface area contributed by atoms with E-state index in [9.17, 15) is 71.7 Å². The Morgan fingerprint density at radius 3 is 1.06 bits per heavy atom. The van der Waals surface area contributed by atoms with Crippen LogP contribution in [0.5, 0.6) is 0 Å². The SMILES string of the molecule is OC(c1[nH]c(C(O)C(F)(F)C(F)(F)C(F)(F)F)c(Br)c1Br)C(F)(F)C(F)(F)C(F)(F)F.c1cc[nH]c1. The average Bonchev–Trinajstić information content (AvgIpc) is 3.38. The van der Waals surface area contributed by atoms with Gasteiger partial charge in [-0.3, -0.25) is 0 Å². The lowest BCUT2D eigenvalue weighted by atomic mass is 10.0. The third-order valence-corrected chi connectivity index (χ3v) is 6.39. The number of aromatic nitrogens is 2. The molecule has 0 bridgehead atoms. The van der Waals surface area contributed by atoms with E-state index in [1.165, 1.54) is 0 Å². The molecular weight excluding hydrogens is 678 g/mol. The number of aliphatic hydroxyl groups is 2. The first-order chi connectivity index (χ1) is 15.9. The van der Waals surface area contributed by atoms with Gasteiger partial charge in [0.1, 0.15) is 0 Å². The molecule has 0 radical (unpaired) electrons. The summed E-state index contributed by atoms with van der Waals surface area (Å²) in [4.78, 5) is 3.91. The van der Waals surface area contributed by atoms with Crippen LogP contribution in [0.3, 0.4) is 0 Å². The summed E-state index contributed by atoms with van der Waals surface area (Å²) in [5.74, 6) is -26.6. The van der Waals surface area contributed by atoms with Crippen LogP contribution in [-0.4, -0.2) is 56.2 Å². The lowest BCUT2D eigenvalue weighted by Gasteiger charge is -2.32. The number of hydrogen-bond donors (Lipinski definition) is 4. The number of alkyl halides is 14. The highest BCUT2D eigenvalue weighted by Gasteiger charge is 2.77. The molecule has 4 N–H and O–H groups in total. The van der Waals surface area contributed by atoms with Crippen molar-refractivity contribution in [1.29, 1.82) is 0 Å². The maximum atomic E-state index is 13.6. The molecule has 0 spiro atoms. The second-order valence-electron chi connectivity index (χ2n) is 6.66. The smallest absolute Gasteiger partial charge is 0.380 e. The number of H-pyrrole nitrogens is 2. The lowest BCUT2D eigenvalue weighted by molar-refractivity contribution is -0.373. The number of aliphatic hydroxyl groups excluding tert-OH is 2. The third kappa shape index (κ3) is 5.64. The van der Waals surface area contributed by atoms with Crippen molar-refractivity contribution in [2.45, 2.75) is 48.3 Å². The van der Waals surface area contributed by atoms with Gasteiger partial charge in [-0.2, -0.15) is 61.5 Å². The van der Waals surface area contributed by atoms with E-state index in [2.05, 4.69) is 36.8 Å². The number of nitrogens with one attached hydrogen (secondary N) is 2. The minimum absolute atomic E-state index is 1.05. The molecule has 36 heavy (non-hydrogen) atoms. The zero-order valence-corrected chi connectivity index (χ0v) is 19.6. The summed E-state index contributed by atoms with van der Waals surface area (Å²) in [6.45, 7) is 0. The summed E-state index contributed by atoms with van der Waals surface area (Å²) in [5.41, 5.74) is -3.78. The van der Waals surface area contributed by atoms with E-state index in [4.69, 9.17) is 0 Å². The number of aromatic amines is 2. The second kappa shape index (κ2) is 10.3. The Hall–Kier alpha value is -1.54. The van der Waals surface area contributed by atoms with Crippen LogP contribution in [0.25, 0.3) is 0 Å². The molecule has 4 nitrogen and oxygen atoms in total. The molecule has 0 amide bonds. The summed E-state index contributed by atoms with van der Waals surface area (Å²) in [7, 11) is 0. The lowest BCUT2D eigenvalue weighted by Crippen LogP contribution is -2.55. The van der Waals surface area contributed by atoms with Gasteiger partial charge in [0, 0.05) is 12.4 Å². The first-order valence-electron chi connectivity index (χ1n) is 8.52. The van der Waals surface area contributed by atoms with Crippen molar-refractivity contribution in [1.82, 2.24) is 9.97 Å². The van der Waals surface area contributed by atoms with Crippen molar-refractivity contribution in [3.8, 4) is 0 Å². The predicted molar refractivity (Wildman–Crippen MR) is 98.8 cm³/mol. The first-order valence-corrected chi connectivity index (χ1v) is 10.1. The maximum Gasteiger partial charge on any atom is 0.459 e. The first kappa shape index (κ1) is 32.5. The molecule has 2 rings (SSSR count). The van der Waals surface area contributed by atoms with E-state index >= 15 is 0 Å². The number of rotatable bonds is 6. The maximum absolute atomic E-state index is 13.6. The molecule has 0 aliphatic carbocycles. The quantitative estimate of drug-likeness (QED) is 0.241. The zero-order valence-electron chi connectivity index (χ0n) is 16.4. The Morgan fingerprint density at radius 1 is 0.583 bits per heavy atom. The third-order valence-electron chi connectivity index (χ3n) is 4.21. The van der Waals surface area contributed by atoms with Crippen molar-refractivity contribution < 1.29 is 71.7 Å². The minimum Gasteiger partial charge on any atom is -0.380 e. The summed E-state index contributed by atoms with van der Waals surface area (Å²) in [6.07, 6.45) is -18.5. The second-order valence-corrected chi connectivity index (χ2v) is 8.25. The molecule has 0 saturated carbocycles. The Kier molecular flexibility index (Phi) is 9.31.